The number of rotatable bonds is 3. The lowest BCUT2D eigenvalue weighted by atomic mass is 10.1. The van der Waals surface area contributed by atoms with Crippen LogP contribution in [0.15, 0.2) is 17.5 Å². The molecule has 0 unspecified atom stereocenters. The van der Waals surface area contributed by atoms with Gasteiger partial charge in [0.2, 0.25) is 5.91 Å². The van der Waals surface area contributed by atoms with Crippen molar-refractivity contribution in [2.24, 2.45) is 0 Å². The number of carbonyl (C=O) groups is 3. The first-order valence-electron chi connectivity index (χ1n) is 9.69. The highest BCUT2D eigenvalue weighted by atomic mass is 32.1. The zero-order valence-electron chi connectivity index (χ0n) is 15.3. The molecule has 3 aliphatic rings. The predicted molar refractivity (Wildman–Crippen MR) is 101 cm³/mol. The highest BCUT2D eigenvalue weighted by Gasteiger charge is 2.39. The van der Waals surface area contributed by atoms with E-state index in [1.54, 1.807) is 4.90 Å². The Morgan fingerprint density at radius 3 is 2.33 bits per heavy atom. The average Bonchev–Trinajstić information content (AvgIpc) is 3.48. The molecule has 3 fully saturated rings. The van der Waals surface area contributed by atoms with E-state index in [0.717, 1.165) is 19.3 Å². The Kier molecular flexibility index (Phi) is 5.45. The molecular weight excluding hydrogens is 366 g/mol. The van der Waals surface area contributed by atoms with Gasteiger partial charge in [-0.2, -0.15) is 0 Å². The Labute approximate surface area is 162 Å². The predicted octanol–water partition coefficient (Wildman–Crippen LogP) is 1.20. The van der Waals surface area contributed by atoms with E-state index in [0.29, 0.717) is 50.6 Å². The van der Waals surface area contributed by atoms with Crippen LogP contribution >= 0.6 is 11.3 Å². The van der Waals surface area contributed by atoms with Crippen molar-refractivity contribution in [3.05, 3.63) is 22.4 Å². The molecule has 8 heteroatoms. The van der Waals surface area contributed by atoms with E-state index in [2.05, 4.69) is 0 Å². The van der Waals surface area contributed by atoms with E-state index in [9.17, 15) is 14.4 Å². The van der Waals surface area contributed by atoms with E-state index < -0.39 is 0 Å². The molecule has 3 saturated heterocycles. The summed E-state index contributed by atoms with van der Waals surface area (Å²) in [4.78, 5) is 44.2. The molecular formula is C19H25N3O4S. The summed E-state index contributed by atoms with van der Waals surface area (Å²) < 4.78 is 5.48. The quantitative estimate of drug-likeness (QED) is 0.776. The molecule has 146 valence electrons. The smallest absolute Gasteiger partial charge is 0.264 e. The van der Waals surface area contributed by atoms with E-state index in [4.69, 9.17) is 4.74 Å². The highest BCUT2D eigenvalue weighted by molar-refractivity contribution is 7.12. The average molecular weight is 391 g/mol. The molecule has 0 aromatic carbocycles. The molecule has 0 radical (unpaired) electrons. The van der Waals surface area contributed by atoms with Gasteiger partial charge in [-0.05, 0) is 37.1 Å². The third-order valence-corrected chi connectivity index (χ3v) is 6.50. The summed E-state index contributed by atoms with van der Waals surface area (Å²) in [5.41, 5.74) is 0. The maximum Gasteiger partial charge on any atom is 0.264 e. The van der Waals surface area contributed by atoms with Crippen molar-refractivity contribution in [3.63, 3.8) is 0 Å². The molecule has 27 heavy (non-hydrogen) atoms. The van der Waals surface area contributed by atoms with Crippen LogP contribution in [0.3, 0.4) is 0 Å². The third-order valence-electron chi connectivity index (χ3n) is 5.64. The first-order chi connectivity index (χ1) is 13.1. The van der Waals surface area contributed by atoms with Crippen LogP contribution in [0, 0.1) is 0 Å². The van der Waals surface area contributed by atoms with Crippen LogP contribution in [0.5, 0.6) is 0 Å². The van der Waals surface area contributed by atoms with Gasteiger partial charge in [0.1, 0.15) is 12.1 Å². The molecule has 1 aromatic rings. The van der Waals surface area contributed by atoms with Crippen LogP contribution in [0.4, 0.5) is 0 Å². The number of likely N-dealkylation sites (tertiary alicyclic amines) is 1. The Balaban J connectivity index is 1.34. The van der Waals surface area contributed by atoms with Crippen molar-refractivity contribution in [2.45, 2.75) is 37.8 Å². The van der Waals surface area contributed by atoms with Gasteiger partial charge in [0, 0.05) is 39.3 Å². The van der Waals surface area contributed by atoms with Crippen molar-refractivity contribution in [3.8, 4) is 0 Å². The molecule has 0 bridgehead atoms. The molecule has 0 N–H and O–H groups in total. The lowest BCUT2D eigenvalue weighted by Gasteiger charge is -2.38. The van der Waals surface area contributed by atoms with E-state index >= 15 is 0 Å². The van der Waals surface area contributed by atoms with Crippen molar-refractivity contribution in [2.75, 3.05) is 39.3 Å². The topological polar surface area (TPSA) is 70.2 Å². The zero-order valence-corrected chi connectivity index (χ0v) is 16.2. The van der Waals surface area contributed by atoms with E-state index in [1.165, 1.54) is 11.3 Å². The minimum Gasteiger partial charge on any atom is -0.368 e. The van der Waals surface area contributed by atoms with Gasteiger partial charge in [-0.3, -0.25) is 14.4 Å². The number of nitrogens with zero attached hydrogens (tertiary/aromatic N) is 3. The molecule has 4 heterocycles. The minimum absolute atomic E-state index is 0.0154. The molecule has 0 saturated carbocycles. The first-order valence-corrected chi connectivity index (χ1v) is 10.6. The van der Waals surface area contributed by atoms with Crippen LogP contribution in [0.1, 0.15) is 35.4 Å². The summed E-state index contributed by atoms with van der Waals surface area (Å²) in [6.45, 7) is 3.41. The standard InChI is InChI=1S/C19H25N3O4S/c23-17(14-4-1-7-22(14)19(25)16-6-3-13-27-16)20-8-10-21(11-9-20)18(24)15-5-2-12-26-15/h3,6,13-15H,1-2,4-5,7-12H2/t14-,15+/m0/s1. The fraction of sp³-hybridized carbons (Fsp3) is 0.632. The van der Waals surface area contributed by atoms with E-state index in [1.807, 2.05) is 27.3 Å². The monoisotopic (exact) mass is 391 g/mol. The molecule has 0 spiro atoms. The zero-order chi connectivity index (χ0) is 18.8. The number of ether oxygens (including phenoxy) is 1. The lowest BCUT2D eigenvalue weighted by molar-refractivity contribution is -0.147. The maximum atomic E-state index is 13.0. The Morgan fingerprint density at radius 2 is 1.70 bits per heavy atom. The SMILES string of the molecule is O=C([C@H]1CCCO1)N1CCN(C(=O)[C@@H]2CCCN2C(=O)c2cccs2)CC1. The van der Waals surface area contributed by atoms with Crippen molar-refractivity contribution < 1.29 is 19.1 Å². The van der Waals surface area contributed by atoms with Gasteiger partial charge in [0.05, 0.1) is 4.88 Å². The number of carbonyl (C=O) groups excluding carboxylic acids is 3. The summed E-state index contributed by atoms with van der Waals surface area (Å²) in [7, 11) is 0. The Bertz CT molecular complexity index is 694. The van der Waals surface area contributed by atoms with Crippen LogP contribution in [0.2, 0.25) is 0 Å². The van der Waals surface area contributed by atoms with Crippen LogP contribution in [0.25, 0.3) is 0 Å². The van der Waals surface area contributed by atoms with Crippen LogP contribution < -0.4 is 0 Å². The van der Waals surface area contributed by atoms with Crippen LogP contribution in [-0.4, -0.2) is 83.9 Å². The third kappa shape index (κ3) is 3.73. The van der Waals surface area contributed by atoms with Gasteiger partial charge in [0.15, 0.2) is 0 Å². The van der Waals surface area contributed by atoms with E-state index in [-0.39, 0.29) is 29.9 Å². The number of hydrogen-bond acceptors (Lipinski definition) is 5. The fourth-order valence-corrected chi connectivity index (χ4v) is 4.82. The minimum atomic E-state index is -0.375. The number of piperazine rings is 1. The van der Waals surface area contributed by atoms with Gasteiger partial charge < -0.3 is 19.4 Å². The second kappa shape index (κ2) is 7.98. The number of amides is 3. The number of thiophene rings is 1. The fourth-order valence-electron chi connectivity index (χ4n) is 4.14. The molecule has 0 aliphatic carbocycles. The van der Waals surface area contributed by atoms with Crippen molar-refractivity contribution in [1.29, 1.82) is 0 Å². The molecule has 3 aliphatic heterocycles. The molecule has 4 rings (SSSR count). The molecule has 1 aromatic heterocycles. The largest absolute Gasteiger partial charge is 0.368 e. The highest BCUT2D eigenvalue weighted by Crippen LogP contribution is 2.24. The van der Waals surface area contributed by atoms with Gasteiger partial charge in [0.25, 0.3) is 11.8 Å². The summed E-state index contributed by atoms with van der Waals surface area (Å²) in [6, 6.07) is 3.29. The summed E-state index contributed by atoms with van der Waals surface area (Å²) >= 11 is 1.41. The summed E-state index contributed by atoms with van der Waals surface area (Å²) in [5, 5.41) is 1.88. The maximum absolute atomic E-state index is 13.0. The van der Waals surface area contributed by atoms with Crippen molar-refractivity contribution >= 4 is 29.1 Å². The molecule has 2 atom stereocenters. The van der Waals surface area contributed by atoms with Crippen LogP contribution in [-0.2, 0) is 14.3 Å². The molecule has 7 nitrogen and oxygen atoms in total. The Morgan fingerprint density at radius 1 is 0.963 bits per heavy atom. The summed E-state index contributed by atoms with van der Waals surface area (Å²) in [6.07, 6.45) is 2.99. The normalized spacial score (nSPS) is 25.9. The van der Waals surface area contributed by atoms with Crippen molar-refractivity contribution in [1.82, 2.24) is 14.7 Å². The second-order valence-corrected chi connectivity index (χ2v) is 8.23. The molecule has 3 amide bonds. The lowest BCUT2D eigenvalue weighted by Crippen LogP contribution is -2.56. The van der Waals surface area contributed by atoms with Gasteiger partial charge in [-0.1, -0.05) is 6.07 Å². The summed E-state index contributed by atoms with van der Waals surface area (Å²) in [5.74, 6) is 0.0182. The second-order valence-electron chi connectivity index (χ2n) is 7.29. The first kappa shape index (κ1) is 18.4. The van der Waals surface area contributed by atoms with Gasteiger partial charge in [-0.15, -0.1) is 11.3 Å². The van der Waals surface area contributed by atoms with Gasteiger partial charge >= 0.3 is 0 Å². The van der Waals surface area contributed by atoms with Gasteiger partial charge in [-0.25, -0.2) is 0 Å². The Hall–Kier alpha value is -1.93. The number of hydrogen-bond donors (Lipinski definition) is 0.